The third kappa shape index (κ3) is 18.2. The second-order valence-corrected chi connectivity index (χ2v) is 7.25. The predicted octanol–water partition coefficient (Wildman–Crippen LogP) is 2.02. The summed E-state index contributed by atoms with van der Waals surface area (Å²) in [6, 6.07) is 0. The van der Waals surface area contributed by atoms with E-state index in [4.69, 9.17) is 32.4 Å². The van der Waals surface area contributed by atoms with E-state index in [2.05, 4.69) is 0 Å². The van der Waals surface area contributed by atoms with E-state index in [9.17, 15) is 9.59 Å². The molecule has 0 bridgehead atoms. The van der Waals surface area contributed by atoms with Gasteiger partial charge in [-0.05, 0) is 64.5 Å². The summed E-state index contributed by atoms with van der Waals surface area (Å²) in [5, 5.41) is 0. The highest BCUT2D eigenvalue weighted by Crippen LogP contribution is 2.11. The van der Waals surface area contributed by atoms with Crippen LogP contribution in [0.3, 0.4) is 0 Å². The van der Waals surface area contributed by atoms with Crippen molar-refractivity contribution in [2.45, 2.75) is 102 Å². The van der Waals surface area contributed by atoms with Crippen LogP contribution in [0.5, 0.6) is 0 Å². The van der Waals surface area contributed by atoms with Gasteiger partial charge in [0.15, 0.2) is 12.5 Å². The van der Waals surface area contributed by atoms with Gasteiger partial charge in [0.05, 0.1) is 0 Å². The Labute approximate surface area is 170 Å². The molecule has 0 radical (unpaired) electrons. The summed E-state index contributed by atoms with van der Waals surface area (Å²) in [6.45, 7) is 1.26. The van der Waals surface area contributed by atoms with E-state index in [1.165, 1.54) is 0 Å². The molecule has 0 aromatic heterocycles. The number of esters is 2. The van der Waals surface area contributed by atoms with Crippen molar-refractivity contribution in [1.29, 1.82) is 0 Å². The minimum absolute atomic E-state index is 0.231. The van der Waals surface area contributed by atoms with Crippen molar-refractivity contribution in [3.63, 3.8) is 0 Å². The molecule has 0 aliphatic rings. The van der Waals surface area contributed by atoms with Crippen molar-refractivity contribution < 1.29 is 19.1 Å². The Hall–Kier alpha value is -1.22. The highest BCUT2D eigenvalue weighted by atomic mass is 16.6. The lowest BCUT2D eigenvalue weighted by Crippen LogP contribution is -2.27. The summed E-state index contributed by atoms with van der Waals surface area (Å²) >= 11 is 0. The molecule has 0 rings (SSSR count). The molecule has 0 spiro atoms. The number of hydrogen-bond donors (Lipinski definition) is 4. The summed E-state index contributed by atoms with van der Waals surface area (Å²) in [6.07, 6.45) is 10.2. The number of carbonyl (C=O) groups is 2. The molecule has 0 aliphatic heterocycles. The lowest BCUT2D eigenvalue weighted by atomic mass is 10.1. The van der Waals surface area contributed by atoms with Gasteiger partial charge in [-0.3, -0.25) is 21.1 Å². The highest BCUT2D eigenvalue weighted by molar-refractivity contribution is 5.69. The van der Waals surface area contributed by atoms with Crippen molar-refractivity contribution in [1.82, 2.24) is 0 Å². The molecule has 0 aromatic rings. The highest BCUT2D eigenvalue weighted by Gasteiger charge is 2.10. The monoisotopic (exact) mass is 402 g/mol. The molecule has 8 nitrogen and oxygen atoms in total. The second-order valence-electron chi connectivity index (χ2n) is 7.25. The van der Waals surface area contributed by atoms with Crippen LogP contribution in [0.4, 0.5) is 0 Å². The van der Waals surface area contributed by atoms with E-state index in [1.54, 1.807) is 0 Å². The van der Waals surface area contributed by atoms with Crippen molar-refractivity contribution >= 4 is 11.9 Å². The molecule has 166 valence electrons. The molecule has 8 heteroatoms. The molecule has 0 fully saturated rings. The Morgan fingerprint density at radius 1 is 0.571 bits per heavy atom. The van der Waals surface area contributed by atoms with Crippen molar-refractivity contribution in [2.24, 2.45) is 22.9 Å². The minimum Gasteiger partial charge on any atom is -0.447 e. The fourth-order valence-corrected chi connectivity index (χ4v) is 2.80. The maximum absolute atomic E-state index is 11.7. The molecule has 0 heterocycles. The van der Waals surface area contributed by atoms with Gasteiger partial charge in [0.1, 0.15) is 0 Å². The fourth-order valence-electron chi connectivity index (χ4n) is 2.80. The number of carbonyl (C=O) groups excluding carboxylic acids is 2. The average molecular weight is 403 g/mol. The van der Waals surface area contributed by atoms with Gasteiger partial charge in [0.2, 0.25) is 0 Å². The largest absolute Gasteiger partial charge is 0.447 e. The average Bonchev–Trinajstić information content (AvgIpc) is 2.64. The molecule has 28 heavy (non-hydrogen) atoms. The molecular formula is C20H42N4O4. The molecule has 0 saturated heterocycles. The lowest BCUT2D eigenvalue weighted by molar-refractivity contribution is -0.150. The van der Waals surface area contributed by atoms with Gasteiger partial charge < -0.3 is 20.9 Å². The maximum Gasteiger partial charge on any atom is 0.307 e. The normalized spacial score (nSPS) is 13.1. The Balaban J connectivity index is 3.47. The summed E-state index contributed by atoms with van der Waals surface area (Å²) < 4.78 is 10.3. The van der Waals surface area contributed by atoms with E-state index in [1.807, 2.05) is 0 Å². The molecule has 2 unspecified atom stereocenters. The van der Waals surface area contributed by atoms with Gasteiger partial charge in [0, 0.05) is 12.8 Å². The van der Waals surface area contributed by atoms with E-state index in [0.717, 1.165) is 64.2 Å². The van der Waals surface area contributed by atoms with Gasteiger partial charge in [-0.2, -0.15) is 0 Å². The maximum atomic E-state index is 11.7. The molecule has 2 atom stereocenters. The summed E-state index contributed by atoms with van der Waals surface area (Å²) in [4.78, 5) is 23.3. The van der Waals surface area contributed by atoms with E-state index in [0.29, 0.717) is 38.8 Å². The zero-order chi connectivity index (χ0) is 21.0. The second kappa shape index (κ2) is 19.1. The third-order valence-corrected chi connectivity index (χ3v) is 4.46. The summed E-state index contributed by atoms with van der Waals surface area (Å²) in [7, 11) is 0. The van der Waals surface area contributed by atoms with Crippen LogP contribution >= 0.6 is 0 Å². The number of nitrogens with two attached hydrogens (primary N) is 4. The van der Waals surface area contributed by atoms with Crippen LogP contribution in [0.1, 0.15) is 89.9 Å². The molecule has 8 N–H and O–H groups in total. The van der Waals surface area contributed by atoms with Gasteiger partial charge in [0.25, 0.3) is 0 Å². The SMILES string of the molecule is NCCCCC(N)OC(=O)CCCCCCCCC(=O)OC(N)CCCCN. The topological polar surface area (TPSA) is 157 Å². The number of rotatable bonds is 19. The van der Waals surface area contributed by atoms with Crippen LogP contribution in [0, 0.1) is 0 Å². The van der Waals surface area contributed by atoms with Gasteiger partial charge in [-0.25, -0.2) is 0 Å². The Morgan fingerprint density at radius 2 is 0.929 bits per heavy atom. The van der Waals surface area contributed by atoms with Gasteiger partial charge in [-0.15, -0.1) is 0 Å². The van der Waals surface area contributed by atoms with Gasteiger partial charge >= 0.3 is 11.9 Å². The fraction of sp³-hybridized carbons (Fsp3) is 0.900. The quantitative estimate of drug-likeness (QED) is 0.145. The first kappa shape index (κ1) is 26.8. The molecule has 0 aliphatic carbocycles. The molecule has 0 saturated carbocycles. The standard InChI is InChI=1S/C20H42N4O4/c21-15-9-7-11-17(23)27-19(25)13-5-3-1-2-4-6-14-20(26)28-18(24)12-8-10-16-22/h17-18H,1-16,21-24H2. The smallest absolute Gasteiger partial charge is 0.307 e. The third-order valence-electron chi connectivity index (χ3n) is 4.46. The number of hydrogen-bond acceptors (Lipinski definition) is 8. The molecule has 0 amide bonds. The Kier molecular flexibility index (Phi) is 18.3. The van der Waals surface area contributed by atoms with Gasteiger partial charge in [-0.1, -0.05) is 25.7 Å². The van der Waals surface area contributed by atoms with Crippen molar-refractivity contribution in [3.8, 4) is 0 Å². The molecule has 0 aromatic carbocycles. The van der Waals surface area contributed by atoms with Crippen molar-refractivity contribution in [2.75, 3.05) is 13.1 Å². The summed E-state index contributed by atoms with van der Waals surface area (Å²) in [5.74, 6) is -0.461. The van der Waals surface area contributed by atoms with Crippen LogP contribution in [-0.2, 0) is 19.1 Å². The lowest BCUT2D eigenvalue weighted by Gasteiger charge is -2.13. The van der Waals surface area contributed by atoms with E-state index < -0.39 is 12.5 Å². The Bertz CT molecular complexity index is 360. The first-order chi connectivity index (χ1) is 13.5. The van der Waals surface area contributed by atoms with Crippen LogP contribution in [0.15, 0.2) is 0 Å². The zero-order valence-electron chi connectivity index (χ0n) is 17.4. The number of ether oxygens (including phenoxy) is 2. The predicted molar refractivity (Wildman–Crippen MR) is 111 cm³/mol. The van der Waals surface area contributed by atoms with Crippen LogP contribution in [0.25, 0.3) is 0 Å². The summed E-state index contributed by atoms with van der Waals surface area (Å²) in [5.41, 5.74) is 22.3. The zero-order valence-corrected chi connectivity index (χ0v) is 17.4. The Morgan fingerprint density at radius 3 is 1.29 bits per heavy atom. The van der Waals surface area contributed by atoms with Crippen LogP contribution in [0.2, 0.25) is 0 Å². The van der Waals surface area contributed by atoms with E-state index in [-0.39, 0.29) is 11.9 Å². The van der Waals surface area contributed by atoms with Crippen LogP contribution in [-0.4, -0.2) is 37.5 Å². The van der Waals surface area contributed by atoms with Crippen LogP contribution < -0.4 is 22.9 Å². The number of unbranched alkanes of at least 4 members (excludes halogenated alkanes) is 7. The first-order valence-corrected chi connectivity index (χ1v) is 10.8. The first-order valence-electron chi connectivity index (χ1n) is 10.8. The van der Waals surface area contributed by atoms with E-state index >= 15 is 0 Å². The molecular weight excluding hydrogens is 360 g/mol. The minimum atomic E-state index is -0.521. The van der Waals surface area contributed by atoms with Crippen molar-refractivity contribution in [3.05, 3.63) is 0 Å².